The van der Waals surface area contributed by atoms with Gasteiger partial charge in [0.25, 0.3) is 5.91 Å². The first kappa shape index (κ1) is 18.0. The Kier molecular flexibility index (Phi) is 4.95. The third-order valence-corrected chi connectivity index (χ3v) is 4.79. The molecular formula is C21H18ClN5O. The predicted octanol–water partition coefficient (Wildman–Crippen LogP) is 5.04. The van der Waals surface area contributed by atoms with Gasteiger partial charge in [-0.05, 0) is 48.9 Å². The Labute approximate surface area is 166 Å². The SMILES string of the molecule is CC(Nc1ccc(NC(=O)c2ccc3n[nH]nc3c2)cc1Cl)c1ccccc1. The fraction of sp³-hybridized carbons (Fsp3) is 0.0952. The monoisotopic (exact) mass is 391 g/mol. The number of carbonyl (C=O) groups is 1. The molecule has 140 valence electrons. The highest BCUT2D eigenvalue weighted by Gasteiger charge is 2.11. The van der Waals surface area contributed by atoms with Crippen LogP contribution in [0.2, 0.25) is 5.02 Å². The fourth-order valence-electron chi connectivity index (χ4n) is 2.95. The van der Waals surface area contributed by atoms with E-state index < -0.39 is 0 Å². The van der Waals surface area contributed by atoms with Gasteiger partial charge in [-0.2, -0.15) is 15.4 Å². The van der Waals surface area contributed by atoms with Gasteiger partial charge in [0.15, 0.2) is 0 Å². The lowest BCUT2D eigenvalue weighted by Crippen LogP contribution is -2.12. The summed E-state index contributed by atoms with van der Waals surface area (Å²) in [6, 6.07) is 20.8. The van der Waals surface area contributed by atoms with E-state index in [9.17, 15) is 4.79 Å². The summed E-state index contributed by atoms with van der Waals surface area (Å²) in [4.78, 5) is 12.5. The lowest BCUT2D eigenvalue weighted by molar-refractivity contribution is 0.102. The van der Waals surface area contributed by atoms with E-state index in [0.717, 1.165) is 5.69 Å². The number of rotatable bonds is 5. The first-order chi connectivity index (χ1) is 13.6. The molecule has 3 aromatic carbocycles. The van der Waals surface area contributed by atoms with E-state index in [4.69, 9.17) is 11.6 Å². The molecule has 0 aliphatic carbocycles. The van der Waals surface area contributed by atoms with Gasteiger partial charge in [-0.1, -0.05) is 41.9 Å². The topological polar surface area (TPSA) is 82.7 Å². The normalized spacial score (nSPS) is 11.9. The van der Waals surface area contributed by atoms with Gasteiger partial charge < -0.3 is 10.6 Å². The number of hydrogen-bond acceptors (Lipinski definition) is 4. The maximum atomic E-state index is 12.5. The molecule has 1 unspecified atom stereocenters. The van der Waals surface area contributed by atoms with Crippen LogP contribution in [0.3, 0.4) is 0 Å². The molecule has 4 aromatic rings. The molecule has 1 heterocycles. The summed E-state index contributed by atoms with van der Waals surface area (Å²) in [5, 5.41) is 17.3. The van der Waals surface area contributed by atoms with E-state index in [1.165, 1.54) is 5.56 Å². The zero-order valence-corrected chi connectivity index (χ0v) is 15.9. The molecule has 6 nitrogen and oxygen atoms in total. The smallest absolute Gasteiger partial charge is 0.255 e. The Bertz CT molecular complexity index is 1130. The highest BCUT2D eigenvalue weighted by molar-refractivity contribution is 6.33. The Morgan fingerprint density at radius 1 is 1.00 bits per heavy atom. The quantitative estimate of drug-likeness (QED) is 0.445. The Balaban J connectivity index is 1.47. The van der Waals surface area contributed by atoms with Crippen LogP contribution in [0.1, 0.15) is 28.9 Å². The van der Waals surface area contributed by atoms with Crippen molar-refractivity contribution >= 4 is 39.9 Å². The van der Waals surface area contributed by atoms with Crippen LogP contribution < -0.4 is 10.6 Å². The van der Waals surface area contributed by atoms with Gasteiger partial charge in [0.2, 0.25) is 0 Å². The minimum Gasteiger partial charge on any atom is -0.377 e. The average Bonchev–Trinajstić information content (AvgIpc) is 3.18. The highest BCUT2D eigenvalue weighted by atomic mass is 35.5. The number of fused-ring (bicyclic) bond motifs is 1. The first-order valence-electron chi connectivity index (χ1n) is 8.83. The standard InChI is InChI=1S/C21H18ClN5O/c1-13(14-5-3-2-4-6-14)23-18-10-8-16(12-17(18)22)24-21(28)15-7-9-19-20(11-15)26-27-25-19/h2-13,23H,1H3,(H,24,28)(H,25,26,27). The number of H-pyrrole nitrogens is 1. The van der Waals surface area contributed by atoms with Crippen LogP contribution in [-0.2, 0) is 0 Å². The number of carbonyl (C=O) groups excluding carboxylic acids is 1. The highest BCUT2D eigenvalue weighted by Crippen LogP contribution is 2.29. The maximum absolute atomic E-state index is 12.5. The molecule has 0 bridgehead atoms. The van der Waals surface area contributed by atoms with E-state index in [0.29, 0.717) is 27.3 Å². The third kappa shape index (κ3) is 3.82. The number of halogens is 1. The van der Waals surface area contributed by atoms with Crippen LogP contribution in [0.5, 0.6) is 0 Å². The van der Waals surface area contributed by atoms with Gasteiger partial charge >= 0.3 is 0 Å². The third-order valence-electron chi connectivity index (χ3n) is 4.48. The fourth-order valence-corrected chi connectivity index (χ4v) is 3.19. The summed E-state index contributed by atoms with van der Waals surface area (Å²) in [5.41, 5.74) is 4.44. The van der Waals surface area contributed by atoms with E-state index in [1.807, 2.05) is 30.3 Å². The molecule has 0 spiro atoms. The molecule has 0 aliphatic heterocycles. The average molecular weight is 392 g/mol. The van der Waals surface area contributed by atoms with Gasteiger partial charge in [-0.3, -0.25) is 4.79 Å². The zero-order valence-electron chi connectivity index (χ0n) is 15.1. The number of hydrogen-bond donors (Lipinski definition) is 3. The second-order valence-corrected chi connectivity index (χ2v) is 6.86. The van der Waals surface area contributed by atoms with Gasteiger partial charge in [0, 0.05) is 17.3 Å². The van der Waals surface area contributed by atoms with E-state index >= 15 is 0 Å². The van der Waals surface area contributed by atoms with Crippen molar-refractivity contribution in [2.45, 2.75) is 13.0 Å². The summed E-state index contributed by atoms with van der Waals surface area (Å²) >= 11 is 6.42. The van der Waals surface area contributed by atoms with E-state index in [1.54, 1.807) is 24.3 Å². The van der Waals surface area contributed by atoms with Crippen molar-refractivity contribution in [3.05, 3.63) is 82.9 Å². The molecular weight excluding hydrogens is 374 g/mol. The molecule has 4 rings (SSSR count). The lowest BCUT2D eigenvalue weighted by Gasteiger charge is -2.17. The zero-order chi connectivity index (χ0) is 19.5. The number of amides is 1. The van der Waals surface area contributed by atoms with Gasteiger partial charge in [-0.25, -0.2) is 0 Å². The number of nitrogens with zero attached hydrogens (tertiary/aromatic N) is 2. The van der Waals surface area contributed by atoms with E-state index in [2.05, 4.69) is 45.1 Å². The lowest BCUT2D eigenvalue weighted by atomic mass is 10.1. The van der Waals surface area contributed by atoms with Crippen LogP contribution in [0.25, 0.3) is 11.0 Å². The van der Waals surface area contributed by atoms with Crippen LogP contribution >= 0.6 is 11.6 Å². The number of aromatic nitrogens is 3. The minimum atomic E-state index is -0.237. The molecule has 1 aromatic heterocycles. The van der Waals surface area contributed by atoms with Gasteiger partial charge in [-0.15, -0.1) is 0 Å². The van der Waals surface area contributed by atoms with Gasteiger partial charge in [0.05, 0.1) is 10.7 Å². The van der Waals surface area contributed by atoms with Crippen molar-refractivity contribution in [3.8, 4) is 0 Å². The van der Waals surface area contributed by atoms with Gasteiger partial charge in [0.1, 0.15) is 11.0 Å². The van der Waals surface area contributed by atoms with Crippen LogP contribution in [0, 0.1) is 0 Å². The van der Waals surface area contributed by atoms with Crippen LogP contribution in [0.15, 0.2) is 66.7 Å². The number of benzene rings is 3. The second kappa shape index (κ2) is 7.70. The maximum Gasteiger partial charge on any atom is 0.255 e. The summed E-state index contributed by atoms with van der Waals surface area (Å²) < 4.78 is 0. The summed E-state index contributed by atoms with van der Waals surface area (Å²) in [6.45, 7) is 2.07. The number of nitrogens with one attached hydrogen (secondary N) is 3. The van der Waals surface area contributed by atoms with Crippen molar-refractivity contribution in [2.75, 3.05) is 10.6 Å². The van der Waals surface area contributed by atoms with Crippen molar-refractivity contribution in [1.29, 1.82) is 0 Å². The molecule has 0 radical (unpaired) electrons. The first-order valence-corrected chi connectivity index (χ1v) is 9.21. The molecule has 0 saturated heterocycles. The van der Waals surface area contributed by atoms with Crippen molar-refractivity contribution in [2.24, 2.45) is 0 Å². The van der Waals surface area contributed by atoms with Crippen molar-refractivity contribution < 1.29 is 4.79 Å². The van der Waals surface area contributed by atoms with E-state index in [-0.39, 0.29) is 11.9 Å². The number of anilines is 2. The summed E-state index contributed by atoms with van der Waals surface area (Å²) in [7, 11) is 0. The summed E-state index contributed by atoms with van der Waals surface area (Å²) in [5.74, 6) is -0.237. The predicted molar refractivity (Wildman–Crippen MR) is 112 cm³/mol. The molecule has 3 N–H and O–H groups in total. The molecule has 0 fully saturated rings. The molecule has 0 aliphatic rings. The minimum absolute atomic E-state index is 0.105. The molecule has 28 heavy (non-hydrogen) atoms. The largest absolute Gasteiger partial charge is 0.377 e. The van der Waals surface area contributed by atoms with Crippen molar-refractivity contribution in [3.63, 3.8) is 0 Å². The Hall–Kier alpha value is -3.38. The molecule has 7 heteroatoms. The van der Waals surface area contributed by atoms with Crippen molar-refractivity contribution in [1.82, 2.24) is 15.4 Å². The molecule has 1 atom stereocenters. The molecule has 0 saturated carbocycles. The number of aromatic amines is 1. The summed E-state index contributed by atoms with van der Waals surface area (Å²) in [6.07, 6.45) is 0. The molecule has 1 amide bonds. The van der Waals surface area contributed by atoms with Crippen LogP contribution in [0.4, 0.5) is 11.4 Å². The Morgan fingerprint density at radius 3 is 2.57 bits per heavy atom. The Morgan fingerprint density at radius 2 is 1.79 bits per heavy atom. The van der Waals surface area contributed by atoms with Crippen LogP contribution in [-0.4, -0.2) is 21.3 Å². The second-order valence-electron chi connectivity index (χ2n) is 6.45.